The van der Waals surface area contributed by atoms with E-state index in [-0.39, 0.29) is 18.5 Å². The third-order valence-corrected chi connectivity index (χ3v) is 4.97. The lowest BCUT2D eigenvalue weighted by molar-refractivity contribution is -0.136. The molecular formula is C21H29N3O3. The Morgan fingerprint density at radius 2 is 1.96 bits per heavy atom. The van der Waals surface area contributed by atoms with Crippen LogP contribution in [0.3, 0.4) is 0 Å². The van der Waals surface area contributed by atoms with Gasteiger partial charge in [0.2, 0.25) is 5.91 Å². The normalized spacial score (nSPS) is 18.3. The number of carbonyl (C=O) groups excluding carboxylic acids is 2. The zero-order valence-corrected chi connectivity index (χ0v) is 17.1. The maximum Gasteiger partial charge on any atom is 0.411 e. The van der Waals surface area contributed by atoms with E-state index in [4.69, 9.17) is 4.74 Å². The lowest BCUT2D eigenvalue weighted by Crippen LogP contribution is -2.58. The van der Waals surface area contributed by atoms with Gasteiger partial charge in [0.05, 0.1) is 6.04 Å². The molecule has 0 N–H and O–H groups in total. The highest BCUT2D eigenvalue weighted by Crippen LogP contribution is 2.26. The summed E-state index contributed by atoms with van der Waals surface area (Å²) in [6, 6.07) is 6.29. The summed E-state index contributed by atoms with van der Waals surface area (Å²) in [5.41, 5.74) is 2.96. The Bertz CT molecular complexity index is 879. The summed E-state index contributed by atoms with van der Waals surface area (Å²) in [5.74, 6) is -0.0640. The quantitative estimate of drug-likeness (QED) is 0.815. The molecule has 0 saturated carbocycles. The van der Waals surface area contributed by atoms with Gasteiger partial charge in [0.1, 0.15) is 12.1 Å². The lowest BCUT2D eigenvalue weighted by Gasteiger charge is -2.40. The maximum absolute atomic E-state index is 12.7. The number of nitrogens with zero attached hydrogens (tertiary/aromatic N) is 3. The van der Waals surface area contributed by atoms with Crippen molar-refractivity contribution in [2.45, 2.75) is 45.8 Å². The average Bonchev–Trinajstić information content (AvgIpc) is 2.84. The average molecular weight is 371 g/mol. The van der Waals surface area contributed by atoms with Crippen molar-refractivity contribution in [2.24, 2.45) is 7.05 Å². The number of hydrogen-bond acceptors (Lipinski definition) is 3. The third-order valence-electron chi connectivity index (χ3n) is 4.97. The Labute approximate surface area is 160 Å². The second-order valence-electron chi connectivity index (χ2n) is 8.53. The van der Waals surface area contributed by atoms with Gasteiger partial charge < -0.3 is 14.2 Å². The van der Waals surface area contributed by atoms with Gasteiger partial charge in [-0.25, -0.2) is 4.79 Å². The number of aromatic nitrogens is 1. The molecule has 0 aliphatic carbocycles. The van der Waals surface area contributed by atoms with E-state index in [1.165, 1.54) is 22.0 Å². The molecule has 1 atom stereocenters. The van der Waals surface area contributed by atoms with Gasteiger partial charge >= 0.3 is 6.09 Å². The molecule has 2 amide bonds. The smallest absolute Gasteiger partial charge is 0.411 e. The van der Waals surface area contributed by atoms with Gasteiger partial charge in [0, 0.05) is 37.7 Å². The van der Waals surface area contributed by atoms with E-state index in [1.54, 1.807) is 16.8 Å². The van der Waals surface area contributed by atoms with Crippen LogP contribution in [0.2, 0.25) is 0 Å². The van der Waals surface area contributed by atoms with Crippen molar-refractivity contribution in [3.63, 3.8) is 0 Å². The topological polar surface area (TPSA) is 54.8 Å². The first-order valence-electron chi connectivity index (χ1n) is 9.33. The number of piperazine rings is 1. The largest absolute Gasteiger partial charge is 0.444 e. The summed E-state index contributed by atoms with van der Waals surface area (Å²) < 4.78 is 7.66. The molecule has 1 unspecified atom stereocenters. The molecule has 146 valence electrons. The summed E-state index contributed by atoms with van der Waals surface area (Å²) in [5, 5.41) is 1.20. The predicted molar refractivity (Wildman–Crippen MR) is 106 cm³/mol. The predicted octanol–water partition coefficient (Wildman–Crippen LogP) is 3.11. The standard InChI is InChI=1S/C21H29N3O3/c1-14-7-8-18-17(9-14)15(11-22(18)5)10-16-12-23(6)19(25)13-24(16)20(26)27-21(2,3)4/h7-9,11,16H,10,12-13H2,1-6H3. The number of aryl methyl sites for hydroxylation is 2. The van der Waals surface area contributed by atoms with Crippen LogP contribution in [0.4, 0.5) is 4.79 Å². The number of fused-ring (bicyclic) bond motifs is 1. The third kappa shape index (κ3) is 4.10. The molecule has 6 nitrogen and oxygen atoms in total. The van der Waals surface area contributed by atoms with Gasteiger partial charge in [-0.05, 0) is 51.8 Å². The van der Waals surface area contributed by atoms with Crippen LogP contribution in [0.25, 0.3) is 10.9 Å². The van der Waals surface area contributed by atoms with Crippen molar-refractivity contribution in [1.29, 1.82) is 0 Å². The van der Waals surface area contributed by atoms with Gasteiger partial charge in [-0.3, -0.25) is 9.69 Å². The van der Waals surface area contributed by atoms with E-state index in [9.17, 15) is 9.59 Å². The summed E-state index contributed by atoms with van der Waals surface area (Å²) in [4.78, 5) is 28.2. The fourth-order valence-electron chi connectivity index (χ4n) is 3.62. The highest BCUT2D eigenvalue weighted by atomic mass is 16.6. The van der Waals surface area contributed by atoms with Crippen LogP contribution in [0.1, 0.15) is 31.9 Å². The highest BCUT2D eigenvalue weighted by Gasteiger charge is 2.36. The molecule has 1 aromatic heterocycles. The van der Waals surface area contributed by atoms with Crippen LogP contribution < -0.4 is 0 Å². The van der Waals surface area contributed by atoms with Crippen LogP contribution in [0, 0.1) is 6.92 Å². The van der Waals surface area contributed by atoms with Crippen LogP contribution >= 0.6 is 0 Å². The van der Waals surface area contributed by atoms with Crippen molar-refractivity contribution >= 4 is 22.9 Å². The van der Waals surface area contributed by atoms with Gasteiger partial charge in [0.15, 0.2) is 0 Å². The number of likely N-dealkylation sites (N-methyl/N-ethyl adjacent to an activating group) is 1. The molecule has 27 heavy (non-hydrogen) atoms. The van der Waals surface area contributed by atoms with Gasteiger partial charge in [0.25, 0.3) is 0 Å². The van der Waals surface area contributed by atoms with Crippen LogP contribution in [0.15, 0.2) is 24.4 Å². The number of carbonyl (C=O) groups is 2. The number of hydrogen-bond donors (Lipinski definition) is 0. The molecule has 3 rings (SSSR count). The van der Waals surface area contributed by atoms with E-state index in [2.05, 4.69) is 35.9 Å². The molecule has 1 aliphatic heterocycles. The van der Waals surface area contributed by atoms with E-state index < -0.39 is 11.7 Å². The minimum absolute atomic E-state index is 0.0554. The van der Waals surface area contributed by atoms with Gasteiger partial charge in [-0.1, -0.05) is 11.6 Å². The van der Waals surface area contributed by atoms with E-state index in [0.29, 0.717) is 13.0 Å². The molecule has 0 bridgehead atoms. The highest BCUT2D eigenvalue weighted by molar-refractivity contribution is 5.86. The lowest BCUT2D eigenvalue weighted by atomic mass is 10.0. The zero-order valence-electron chi connectivity index (χ0n) is 17.1. The maximum atomic E-state index is 12.7. The van der Waals surface area contributed by atoms with Crippen LogP contribution in [-0.4, -0.2) is 58.1 Å². The molecule has 2 heterocycles. The minimum Gasteiger partial charge on any atom is -0.444 e. The van der Waals surface area contributed by atoms with E-state index >= 15 is 0 Å². The second-order valence-corrected chi connectivity index (χ2v) is 8.53. The Morgan fingerprint density at radius 1 is 1.26 bits per heavy atom. The van der Waals surface area contributed by atoms with Crippen LogP contribution in [0.5, 0.6) is 0 Å². The van der Waals surface area contributed by atoms with Crippen molar-refractivity contribution in [3.05, 3.63) is 35.5 Å². The minimum atomic E-state index is -0.593. The van der Waals surface area contributed by atoms with Crippen molar-refractivity contribution in [1.82, 2.24) is 14.4 Å². The molecule has 6 heteroatoms. The monoisotopic (exact) mass is 371 g/mol. The molecule has 0 spiro atoms. The summed E-state index contributed by atoms with van der Waals surface area (Å²) in [6.07, 6.45) is 2.37. The van der Waals surface area contributed by atoms with Crippen LogP contribution in [-0.2, 0) is 23.0 Å². The van der Waals surface area contributed by atoms with Crippen molar-refractivity contribution < 1.29 is 14.3 Å². The fraction of sp³-hybridized carbons (Fsp3) is 0.524. The van der Waals surface area contributed by atoms with Gasteiger partial charge in [-0.15, -0.1) is 0 Å². The SMILES string of the molecule is Cc1ccc2c(c1)c(CC1CN(C)C(=O)CN1C(=O)OC(C)(C)C)cn2C. The second kappa shape index (κ2) is 6.91. The summed E-state index contributed by atoms with van der Waals surface area (Å²) in [7, 11) is 3.82. The fourth-order valence-corrected chi connectivity index (χ4v) is 3.62. The first-order chi connectivity index (χ1) is 12.5. The van der Waals surface area contributed by atoms with Crippen molar-refractivity contribution in [2.75, 3.05) is 20.1 Å². The van der Waals surface area contributed by atoms with Gasteiger partial charge in [-0.2, -0.15) is 0 Å². The molecule has 1 saturated heterocycles. The first-order valence-corrected chi connectivity index (χ1v) is 9.33. The number of ether oxygens (including phenoxy) is 1. The molecule has 1 fully saturated rings. The molecule has 1 aromatic carbocycles. The number of benzene rings is 1. The molecule has 1 aliphatic rings. The zero-order chi connectivity index (χ0) is 19.9. The molecular weight excluding hydrogens is 342 g/mol. The molecule has 0 radical (unpaired) electrons. The number of amides is 2. The Kier molecular flexibility index (Phi) is 4.93. The summed E-state index contributed by atoms with van der Waals surface area (Å²) in [6.45, 7) is 8.15. The Morgan fingerprint density at radius 3 is 2.63 bits per heavy atom. The molecule has 2 aromatic rings. The first kappa shape index (κ1) is 19.3. The van der Waals surface area contributed by atoms with E-state index in [1.807, 2.05) is 27.8 Å². The Hall–Kier alpha value is -2.50. The number of rotatable bonds is 2. The van der Waals surface area contributed by atoms with E-state index in [0.717, 1.165) is 0 Å². The van der Waals surface area contributed by atoms with Crippen molar-refractivity contribution in [3.8, 4) is 0 Å². The Balaban J connectivity index is 1.91. The summed E-state index contributed by atoms with van der Waals surface area (Å²) >= 11 is 0.